The molecule has 2 aromatic rings. The number of nitrogens with zero attached hydrogens (tertiary/aromatic N) is 3. The third-order valence-corrected chi connectivity index (χ3v) is 3.26. The summed E-state index contributed by atoms with van der Waals surface area (Å²) in [4.78, 5) is 13.7. The first-order valence-electron chi connectivity index (χ1n) is 6.61. The van der Waals surface area contributed by atoms with E-state index in [1.165, 1.54) is 12.8 Å². The van der Waals surface area contributed by atoms with Crippen LogP contribution in [0.25, 0.3) is 0 Å². The van der Waals surface area contributed by atoms with E-state index in [1.54, 1.807) is 17.9 Å². The lowest BCUT2D eigenvalue weighted by Gasteiger charge is -2.14. The van der Waals surface area contributed by atoms with E-state index in [0.29, 0.717) is 11.8 Å². The number of H-pyrrole nitrogens is 1. The number of aromatic amines is 1. The van der Waals surface area contributed by atoms with Crippen molar-refractivity contribution in [2.45, 2.75) is 25.7 Å². The summed E-state index contributed by atoms with van der Waals surface area (Å²) in [6.07, 6.45) is 2.44. The van der Waals surface area contributed by atoms with Crippen LogP contribution in [0, 0.1) is 6.92 Å². The fraction of sp³-hybridized carbons (Fsp3) is 0.462. The summed E-state index contributed by atoms with van der Waals surface area (Å²) in [6, 6.07) is 3.68. The van der Waals surface area contributed by atoms with Gasteiger partial charge in [0, 0.05) is 30.8 Å². The van der Waals surface area contributed by atoms with Crippen molar-refractivity contribution < 1.29 is 9.32 Å². The number of aromatic nitrogens is 3. The Morgan fingerprint density at radius 1 is 1.55 bits per heavy atom. The van der Waals surface area contributed by atoms with Crippen LogP contribution in [0.3, 0.4) is 0 Å². The summed E-state index contributed by atoms with van der Waals surface area (Å²) in [5.74, 6) is 1.59. The summed E-state index contributed by atoms with van der Waals surface area (Å²) in [6.45, 7) is 2.00. The molecule has 20 heavy (non-hydrogen) atoms. The molecule has 7 nitrogen and oxygen atoms in total. The summed E-state index contributed by atoms with van der Waals surface area (Å²) < 4.78 is 4.94. The van der Waals surface area contributed by atoms with E-state index >= 15 is 0 Å². The molecular weight excluding hydrogens is 258 g/mol. The van der Waals surface area contributed by atoms with Gasteiger partial charge in [0.05, 0.1) is 12.2 Å². The predicted molar refractivity (Wildman–Crippen MR) is 73.7 cm³/mol. The molecule has 1 aliphatic carbocycles. The first-order chi connectivity index (χ1) is 9.61. The molecule has 0 aromatic carbocycles. The molecule has 2 N–H and O–H groups in total. The van der Waals surface area contributed by atoms with Gasteiger partial charge in [-0.3, -0.25) is 15.2 Å². The average Bonchev–Trinajstić information content (AvgIpc) is 2.98. The molecule has 0 bridgehead atoms. The van der Waals surface area contributed by atoms with Crippen LogP contribution in [0.5, 0.6) is 0 Å². The van der Waals surface area contributed by atoms with Gasteiger partial charge in [0.25, 0.3) is 0 Å². The summed E-state index contributed by atoms with van der Waals surface area (Å²) >= 11 is 0. The first-order valence-corrected chi connectivity index (χ1v) is 6.61. The molecule has 2 aromatic heterocycles. The fourth-order valence-electron chi connectivity index (χ4n) is 2.02. The van der Waals surface area contributed by atoms with Crippen molar-refractivity contribution in [3.05, 3.63) is 23.5 Å². The molecule has 0 radical (unpaired) electrons. The average molecular weight is 275 g/mol. The van der Waals surface area contributed by atoms with Crippen molar-refractivity contribution in [2.24, 2.45) is 0 Å². The number of anilines is 2. The lowest BCUT2D eigenvalue weighted by molar-refractivity contribution is -0.115. The van der Waals surface area contributed by atoms with Gasteiger partial charge in [0.2, 0.25) is 11.8 Å². The van der Waals surface area contributed by atoms with E-state index in [9.17, 15) is 4.79 Å². The highest BCUT2D eigenvalue weighted by Crippen LogP contribution is 2.39. The maximum atomic E-state index is 11.9. The molecule has 1 saturated carbocycles. The highest BCUT2D eigenvalue weighted by Gasteiger charge is 2.26. The second-order valence-corrected chi connectivity index (χ2v) is 5.19. The van der Waals surface area contributed by atoms with Crippen LogP contribution in [-0.2, 0) is 4.79 Å². The van der Waals surface area contributed by atoms with E-state index in [1.807, 2.05) is 13.1 Å². The maximum Gasteiger partial charge on any atom is 0.246 e. The van der Waals surface area contributed by atoms with Gasteiger partial charge in [-0.1, -0.05) is 5.16 Å². The molecular formula is C13H17N5O2. The number of hydrogen-bond donors (Lipinski definition) is 2. The molecule has 1 fully saturated rings. The first kappa shape index (κ1) is 12.7. The minimum atomic E-state index is -0.167. The molecule has 1 amide bonds. The Kier molecular flexibility index (Phi) is 3.17. The standard InChI is InChI=1S/C13H17N5O2/c1-8-5-13(20-17-8)14-12(19)7-18(2)11-6-10(15-16-11)9-3-4-9/h5-6,9H,3-4,7H2,1-2H3,(H,14,19)(H,15,16). The Morgan fingerprint density at radius 2 is 2.35 bits per heavy atom. The number of carbonyl (C=O) groups excluding carboxylic acids is 1. The Bertz CT molecular complexity index is 614. The second-order valence-electron chi connectivity index (χ2n) is 5.19. The Balaban J connectivity index is 1.56. The summed E-state index contributed by atoms with van der Waals surface area (Å²) in [7, 11) is 1.83. The number of amides is 1. The summed E-state index contributed by atoms with van der Waals surface area (Å²) in [5, 5.41) is 13.6. The van der Waals surface area contributed by atoms with Crippen LogP contribution in [-0.4, -0.2) is 34.9 Å². The zero-order chi connectivity index (χ0) is 14.1. The van der Waals surface area contributed by atoms with Gasteiger partial charge < -0.3 is 9.42 Å². The van der Waals surface area contributed by atoms with Gasteiger partial charge in [0.15, 0.2) is 5.82 Å². The minimum Gasteiger partial charge on any atom is -0.349 e. The Hall–Kier alpha value is -2.31. The van der Waals surface area contributed by atoms with Crippen LogP contribution in [0.1, 0.15) is 30.1 Å². The third-order valence-electron chi connectivity index (χ3n) is 3.26. The summed E-state index contributed by atoms with van der Waals surface area (Å²) in [5.41, 5.74) is 1.88. The quantitative estimate of drug-likeness (QED) is 0.866. The third kappa shape index (κ3) is 2.81. The van der Waals surface area contributed by atoms with Gasteiger partial charge in [-0.15, -0.1) is 0 Å². The molecule has 3 rings (SSSR count). The molecule has 0 aliphatic heterocycles. The molecule has 0 unspecified atom stereocenters. The smallest absolute Gasteiger partial charge is 0.246 e. The number of likely N-dealkylation sites (N-methyl/N-ethyl adjacent to an activating group) is 1. The normalized spacial score (nSPS) is 14.3. The largest absolute Gasteiger partial charge is 0.349 e. The van der Waals surface area contributed by atoms with Gasteiger partial charge in [-0.05, 0) is 19.8 Å². The molecule has 106 valence electrons. The van der Waals surface area contributed by atoms with E-state index in [0.717, 1.165) is 17.2 Å². The molecule has 0 spiro atoms. The van der Waals surface area contributed by atoms with Gasteiger partial charge >= 0.3 is 0 Å². The lowest BCUT2D eigenvalue weighted by Crippen LogP contribution is -2.30. The van der Waals surface area contributed by atoms with Gasteiger partial charge in [-0.25, -0.2) is 0 Å². The van der Waals surface area contributed by atoms with E-state index in [-0.39, 0.29) is 12.5 Å². The number of aryl methyl sites for hydroxylation is 1. The van der Waals surface area contributed by atoms with Crippen LogP contribution in [0.15, 0.2) is 16.7 Å². The molecule has 0 saturated heterocycles. The fourth-order valence-corrected chi connectivity index (χ4v) is 2.02. The van der Waals surface area contributed by atoms with Crippen molar-refractivity contribution in [1.29, 1.82) is 0 Å². The van der Waals surface area contributed by atoms with Crippen LogP contribution in [0.2, 0.25) is 0 Å². The monoisotopic (exact) mass is 275 g/mol. The van der Waals surface area contributed by atoms with E-state index in [2.05, 4.69) is 20.7 Å². The molecule has 2 heterocycles. The molecule has 1 aliphatic rings. The number of rotatable bonds is 5. The molecule has 7 heteroatoms. The van der Waals surface area contributed by atoms with Crippen LogP contribution >= 0.6 is 0 Å². The number of carbonyl (C=O) groups is 1. The topological polar surface area (TPSA) is 87.0 Å². The van der Waals surface area contributed by atoms with Crippen molar-refractivity contribution in [3.63, 3.8) is 0 Å². The minimum absolute atomic E-state index is 0.167. The van der Waals surface area contributed by atoms with Crippen LogP contribution < -0.4 is 10.2 Å². The second kappa shape index (κ2) is 4.99. The van der Waals surface area contributed by atoms with Gasteiger partial charge in [-0.2, -0.15) is 5.10 Å². The Labute approximate surface area is 116 Å². The Morgan fingerprint density at radius 3 is 3.00 bits per heavy atom. The van der Waals surface area contributed by atoms with Gasteiger partial charge in [0.1, 0.15) is 0 Å². The number of nitrogens with one attached hydrogen (secondary N) is 2. The number of hydrogen-bond acceptors (Lipinski definition) is 5. The van der Waals surface area contributed by atoms with E-state index in [4.69, 9.17) is 4.52 Å². The van der Waals surface area contributed by atoms with Crippen molar-refractivity contribution in [2.75, 3.05) is 23.8 Å². The zero-order valence-corrected chi connectivity index (χ0v) is 11.5. The van der Waals surface area contributed by atoms with Crippen molar-refractivity contribution in [3.8, 4) is 0 Å². The van der Waals surface area contributed by atoms with Crippen molar-refractivity contribution >= 4 is 17.6 Å². The predicted octanol–water partition coefficient (Wildman–Crippen LogP) is 1.66. The van der Waals surface area contributed by atoms with Crippen LogP contribution in [0.4, 0.5) is 11.7 Å². The zero-order valence-electron chi connectivity index (χ0n) is 11.5. The molecule has 0 atom stereocenters. The highest BCUT2D eigenvalue weighted by molar-refractivity contribution is 5.92. The lowest BCUT2D eigenvalue weighted by atomic mass is 10.3. The van der Waals surface area contributed by atoms with E-state index < -0.39 is 0 Å². The van der Waals surface area contributed by atoms with Crippen molar-refractivity contribution in [1.82, 2.24) is 15.4 Å². The maximum absolute atomic E-state index is 11.9. The highest BCUT2D eigenvalue weighted by atomic mass is 16.5. The SMILES string of the molecule is Cc1cc(NC(=O)CN(C)c2cc(C3CC3)[nH]n2)on1.